The molecule has 0 amide bonds. The lowest BCUT2D eigenvalue weighted by Gasteiger charge is -2.21. The highest BCUT2D eigenvalue weighted by Gasteiger charge is 2.37. The number of hydrogen-bond acceptors (Lipinski definition) is 3. The molecule has 1 aliphatic rings. The first-order valence-electron chi connectivity index (χ1n) is 19.6. The SMILES string of the molecule is CC1(C)c2ccccc2-c2c1ccc1c3ccccc3n(-c3ccc(-c4nc(-c5ccc(-c6cccc7c6oc6ccccc67)cc5)c5ccccc5n4)cc3)c21. The first-order chi connectivity index (χ1) is 28.0. The first kappa shape index (κ1) is 32.0. The third-order valence-corrected chi connectivity index (χ3v) is 12.2. The minimum Gasteiger partial charge on any atom is -0.455 e. The van der Waals surface area contributed by atoms with Gasteiger partial charge in [0, 0.05) is 60.3 Å². The van der Waals surface area contributed by atoms with E-state index in [2.05, 4.69) is 176 Å². The fourth-order valence-electron chi connectivity index (χ4n) is 9.48. The van der Waals surface area contributed by atoms with Gasteiger partial charge in [-0.15, -0.1) is 0 Å². The van der Waals surface area contributed by atoms with Crippen LogP contribution < -0.4 is 0 Å². The molecule has 12 rings (SSSR count). The summed E-state index contributed by atoms with van der Waals surface area (Å²) in [6.45, 7) is 4.69. The normalized spacial score (nSPS) is 13.2. The Morgan fingerprint density at radius 2 is 1.14 bits per heavy atom. The fourth-order valence-corrected chi connectivity index (χ4v) is 9.48. The lowest BCUT2D eigenvalue weighted by molar-refractivity contribution is 0.661. The molecule has 268 valence electrons. The van der Waals surface area contributed by atoms with Gasteiger partial charge in [-0.3, -0.25) is 0 Å². The molecule has 4 nitrogen and oxygen atoms in total. The van der Waals surface area contributed by atoms with Crippen molar-refractivity contribution in [2.24, 2.45) is 0 Å². The molecule has 3 aromatic heterocycles. The average molecular weight is 730 g/mol. The molecule has 0 aliphatic heterocycles. The van der Waals surface area contributed by atoms with Crippen LogP contribution in [0.25, 0.3) is 105 Å². The van der Waals surface area contributed by atoms with Gasteiger partial charge in [-0.2, -0.15) is 0 Å². The zero-order valence-corrected chi connectivity index (χ0v) is 31.5. The zero-order chi connectivity index (χ0) is 37.8. The Hall–Kier alpha value is -7.30. The second-order valence-corrected chi connectivity index (χ2v) is 15.7. The van der Waals surface area contributed by atoms with Crippen molar-refractivity contribution in [1.29, 1.82) is 0 Å². The number of hydrogen-bond donors (Lipinski definition) is 0. The van der Waals surface area contributed by atoms with Crippen molar-refractivity contribution in [2.45, 2.75) is 19.3 Å². The first-order valence-corrected chi connectivity index (χ1v) is 19.6. The largest absolute Gasteiger partial charge is 0.455 e. The molecule has 57 heavy (non-hydrogen) atoms. The van der Waals surface area contributed by atoms with E-state index in [0.29, 0.717) is 5.82 Å². The summed E-state index contributed by atoms with van der Waals surface area (Å²) in [6, 6.07) is 62.7. The monoisotopic (exact) mass is 729 g/mol. The summed E-state index contributed by atoms with van der Waals surface area (Å²) < 4.78 is 8.82. The maximum absolute atomic E-state index is 6.37. The fraction of sp³-hybridized carbons (Fsp3) is 0.0566. The summed E-state index contributed by atoms with van der Waals surface area (Å²) in [6.07, 6.45) is 0. The summed E-state index contributed by atoms with van der Waals surface area (Å²) in [7, 11) is 0. The molecule has 0 bridgehead atoms. The Morgan fingerprint density at radius 3 is 2.00 bits per heavy atom. The number of para-hydroxylation sites is 4. The highest BCUT2D eigenvalue weighted by Crippen LogP contribution is 2.53. The highest BCUT2D eigenvalue weighted by atomic mass is 16.3. The van der Waals surface area contributed by atoms with E-state index in [9.17, 15) is 0 Å². The Bertz CT molecular complexity index is 3420. The van der Waals surface area contributed by atoms with Gasteiger partial charge in [-0.05, 0) is 64.7 Å². The predicted octanol–water partition coefficient (Wildman–Crippen LogP) is 13.9. The Morgan fingerprint density at radius 1 is 0.474 bits per heavy atom. The number of nitrogens with zero attached hydrogens (tertiary/aromatic N) is 3. The van der Waals surface area contributed by atoms with E-state index in [0.717, 1.165) is 66.5 Å². The number of benzene rings is 8. The van der Waals surface area contributed by atoms with Crippen molar-refractivity contribution in [1.82, 2.24) is 14.5 Å². The average Bonchev–Trinajstić information content (AvgIpc) is 3.89. The van der Waals surface area contributed by atoms with Gasteiger partial charge in [0.1, 0.15) is 11.2 Å². The molecule has 0 unspecified atom stereocenters. The summed E-state index contributed by atoms with van der Waals surface area (Å²) in [4.78, 5) is 10.4. The molecule has 1 aliphatic carbocycles. The van der Waals surface area contributed by atoms with Gasteiger partial charge in [0.25, 0.3) is 0 Å². The topological polar surface area (TPSA) is 43.9 Å². The molecule has 0 atom stereocenters. The van der Waals surface area contributed by atoms with Gasteiger partial charge < -0.3 is 8.98 Å². The van der Waals surface area contributed by atoms with Crippen LogP contribution in [0.1, 0.15) is 25.0 Å². The maximum Gasteiger partial charge on any atom is 0.160 e. The van der Waals surface area contributed by atoms with E-state index in [1.54, 1.807) is 0 Å². The van der Waals surface area contributed by atoms with E-state index in [1.807, 2.05) is 18.2 Å². The van der Waals surface area contributed by atoms with Crippen LogP contribution in [0.2, 0.25) is 0 Å². The Balaban J connectivity index is 0.972. The Labute approximate surface area is 329 Å². The van der Waals surface area contributed by atoms with Gasteiger partial charge in [-0.25, -0.2) is 9.97 Å². The van der Waals surface area contributed by atoms with E-state index < -0.39 is 0 Å². The summed E-state index contributed by atoms with van der Waals surface area (Å²) in [5.41, 5.74) is 16.7. The van der Waals surface area contributed by atoms with E-state index in [4.69, 9.17) is 14.4 Å². The maximum atomic E-state index is 6.37. The van der Waals surface area contributed by atoms with Crippen molar-refractivity contribution < 1.29 is 4.42 Å². The van der Waals surface area contributed by atoms with Crippen LogP contribution >= 0.6 is 0 Å². The number of fused-ring (bicyclic) bond motifs is 11. The third kappa shape index (κ3) is 4.62. The zero-order valence-electron chi connectivity index (χ0n) is 31.5. The minimum atomic E-state index is -0.0840. The highest BCUT2D eigenvalue weighted by molar-refractivity contribution is 6.16. The third-order valence-electron chi connectivity index (χ3n) is 12.2. The van der Waals surface area contributed by atoms with Gasteiger partial charge in [0.15, 0.2) is 5.82 Å². The predicted molar refractivity (Wildman–Crippen MR) is 235 cm³/mol. The smallest absolute Gasteiger partial charge is 0.160 e. The van der Waals surface area contributed by atoms with Gasteiger partial charge >= 0.3 is 0 Å². The molecular formula is C53H35N3O. The van der Waals surface area contributed by atoms with Gasteiger partial charge in [-0.1, -0.05) is 147 Å². The molecule has 11 aromatic rings. The Kier molecular flexibility index (Phi) is 6.65. The van der Waals surface area contributed by atoms with Crippen LogP contribution in [-0.4, -0.2) is 14.5 Å². The summed E-state index contributed by atoms with van der Waals surface area (Å²) in [5, 5.41) is 5.80. The van der Waals surface area contributed by atoms with E-state index in [1.165, 1.54) is 44.1 Å². The molecule has 0 N–H and O–H groups in total. The number of furan rings is 1. The molecule has 4 heteroatoms. The molecule has 0 saturated carbocycles. The van der Waals surface area contributed by atoms with E-state index >= 15 is 0 Å². The second kappa shape index (κ2) is 11.8. The lowest BCUT2D eigenvalue weighted by atomic mass is 9.82. The molecule has 3 heterocycles. The van der Waals surface area contributed by atoms with Crippen LogP contribution in [0, 0.1) is 0 Å². The quantitative estimate of drug-likeness (QED) is 0.181. The lowest BCUT2D eigenvalue weighted by Crippen LogP contribution is -2.14. The van der Waals surface area contributed by atoms with Crippen molar-refractivity contribution in [3.8, 4) is 50.6 Å². The summed E-state index contributed by atoms with van der Waals surface area (Å²) in [5.74, 6) is 0.699. The molecule has 0 spiro atoms. The van der Waals surface area contributed by atoms with Crippen LogP contribution in [0.3, 0.4) is 0 Å². The molecule has 0 radical (unpaired) electrons. The van der Waals surface area contributed by atoms with E-state index in [-0.39, 0.29) is 5.41 Å². The van der Waals surface area contributed by atoms with Crippen molar-refractivity contribution >= 4 is 54.6 Å². The molecular weight excluding hydrogens is 695 g/mol. The van der Waals surface area contributed by atoms with Crippen LogP contribution in [0.15, 0.2) is 180 Å². The second-order valence-electron chi connectivity index (χ2n) is 15.7. The van der Waals surface area contributed by atoms with Gasteiger partial charge in [0.05, 0.1) is 22.2 Å². The molecule has 0 saturated heterocycles. The summed E-state index contributed by atoms with van der Waals surface area (Å²) >= 11 is 0. The number of rotatable bonds is 4. The van der Waals surface area contributed by atoms with Crippen molar-refractivity contribution in [3.63, 3.8) is 0 Å². The molecule has 0 fully saturated rings. The number of aromatic nitrogens is 3. The van der Waals surface area contributed by atoms with Crippen LogP contribution in [0.4, 0.5) is 0 Å². The standard InChI is InChI=1S/C53H35N3O/c1-53(2)43-18-7-3-14-41(43)48-44(53)31-30-39-37-12-5-9-20-46(37)56(50(39)48)35-28-26-34(27-29-35)52-54-45-19-8-4-15-42(45)49(55-52)33-24-22-32(23-25-33)36-16-11-17-40-38-13-6-10-21-47(38)57-51(36)40/h3-31H,1-2H3. The van der Waals surface area contributed by atoms with Crippen LogP contribution in [0.5, 0.6) is 0 Å². The van der Waals surface area contributed by atoms with Gasteiger partial charge in [0.2, 0.25) is 0 Å². The van der Waals surface area contributed by atoms with Crippen molar-refractivity contribution in [2.75, 3.05) is 0 Å². The van der Waals surface area contributed by atoms with Crippen molar-refractivity contribution in [3.05, 3.63) is 187 Å². The minimum absolute atomic E-state index is 0.0840. The molecule has 8 aromatic carbocycles. The van der Waals surface area contributed by atoms with Crippen LogP contribution in [-0.2, 0) is 5.41 Å².